The SMILES string of the molecule is CNC(=O)c1ccc2c(c1)nc(-c1ccccn1)n2C1CC(NC=O)CN(C(C)=O)C1.Cc1ccc(Br)s1. The van der Waals surface area contributed by atoms with Gasteiger partial charge in [-0.3, -0.25) is 19.4 Å². The van der Waals surface area contributed by atoms with Gasteiger partial charge in [-0.25, -0.2) is 4.98 Å². The molecule has 1 aliphatic heterocycles. The summed E-state index contributed by atoms with van der Waals surface area (Å²) in [5.41, 5.74) is 2.72. The topological polar surface area (TPSA) is 109 Å². The summed E-state index contributed by atoms with van der Waals surface area (Å²) in [5, 5.41) is 5.45. The summed E-state index contributed by atoms with van der Waals surface area (Å²) in [6, 6.07) is 14.8. The number of fused-ring (bicyclic) bond motifs is 1. The van der Waals surface area contributed by atoms with Crippen LogP contribution in [-0.2, 0) is 9.59 Å². The fourth-order valence-electron chi connectivity index (χ4n) is 4.57. The van der Waals surface area contributed by atoms with E-state index in [0.29, 0.717) is 48.5 Å². The summed E-state index contributed by atoms with van der Waals surface area (Å²) in [4.78, 5) is 47.7. The van der Waals surface area contributed by atoms with Crippen molar-refractivity contribution in [1.82, 2.24) is 30.1 Å². The molecule has 0 bridgehead atoms. The molecule has 11 heteroatoms. The average molecular weight is 598 g/mol. The monoisotopic (exact) mass is 596 g/mol. The second-order valence-electron chi connectivity index (χ2n) is 8.95. The number of amides is 3. The number of carbonyl (C=O) groups excluding carboxylic acids is 3. The minimum atomic E-state index is -0.188. The third kappa shape index (κ3) is 6.28. The summed E-state index contributed by atoms with van der Waals surface area (Å²) in [7, 11) is 1.59. The number of likely N-dealkylation sites (tertiary alicyclic amines) is 1. The van der Waals surface area contributed by atoms with Crippen LogP contribution < -0.4 is 10.6 Å². The number of halogens is 1. The number of piperidine rings is 1. The van der Waals surface area contributed by atoms with Crippen molar-refractivity contribution in [3.8, 4) is 11.5 Å². The van der Waals surface area contributed by atoms with E-state index in [9.17, 15) is 14.4 Å². The summed E-state index contributed by atoms with van der Waals surface area (Å²) >= 11 is 5.11. The van der Waals surface area contributed by atoms with Gasteiger partial charge in [0.2, 0.25) is 12.3 Å². The molecule has 0 aliphatic carbocycles. The number of hydrogen-bond acceptors (Lipinski definition) is 6. The van der Waals surface area contributed by atoms with E-state index < -0.39 is 0 Å². The molecule has 3 aromatic heterocycles. The summed E-state index contributed by atoms with van der Waals surface area (Å²) < 4.78 is 3.28. The Kier molecular flexibility index (Phi) is 8.90. The Labute approximate surface area is 233 Å². The van der Waals surface area contributed by atoms with Gasteiger partial charge >= 0.3 is 0 Å². The van der Waals surface area contributed by atoms with E-state index in [1.807, 2.05) is 24.3 Å². The van der Waals surface area contributed by atoms with Crippen LogP contribution in [0.5, 0.6) is 0 Å². The largest absolute Gasteiger partial charge is 0.355 e. The van der Waals surface area contributed by atoms with Gasteiger partial charge in [-0.1, -0.05) is 6.07 Å². The summed E-state index contributed by atoms with van der Waals surface area (Å²) in [6.07, 6.45) is 3.02. The van der Waals surface area contributed by atoms with E-state index in [1.165, 1.54) is 15.6 Å². The van der Waals surface area contributed by atoms with E-state index in [4.69, 9.17) is 4.98 Å². The molecule has 1 fully saturated rings. The molecule has 2 atom stereocenters. The van der Waals surface area contributed by atoms with E-state index in [1.54, 1.807) is 41.6 Å². The van der Waals surface area contributed by atoms with Crippen molar-refractivity contribution in [3.05, 3.63) is 69.0 Å². The number of carbonyl (C=O) groups is 3. The number of pyridine rings is 1. The molecule has 4 aromatic rings. The molecule has 1 aromatic carbocycles. The first-order valence-corrected chi connectivity index (χ1v) is 13.7. The highest BCUT2D eigenvalue weighted by Crippen LogP contribution is 2.32. The summed E-state index contributed by atoms with van der Waals surface area (Å²) in [6.45, 7) is 4.59. The predicted octanol–water partition coefficient (Wildman–Crippen LogP) is 4.18. The maximum Gasteiger partial charge on any atom is 0.251 e. The number of benzene rings is 1. The number of aromatic nitrogens is 3. The van der Waals surface area contributed by atoms with Gasteiger partial charge in [-0.05, 0) is 71.7 Å². The number of rotatable bonds is 5. The van der Waals surface area contributed by atoms with Crippen molar-refractivity contribution >= 4 is 56.5 Å². The molecular weight excluding hydrogens is 568 g/mol. The standard InChI is InChI=1S/C22H24N6O3.C5H5BrS/c1-14(30)27-11-16(25-13-29)10-17(12-27)28-20-7-6-15(22(31)23-2)9-19(20)26-21(28)18-5-3-4-8-24-18;1-4-2-3-5(6)7-4/h3-9,13,16-17H,10-12H2,1-2H3,(H,23,31)(H,25,29);2-3H,1H3. The van der Waals surface area contributed by atoms with Gasteiger partial charge in [0, 0.05) is 49.7 Å². The van der Waals surface area contributed by atoms with Crippen LogP contribution in [-0.4, -0.2) is 63.8 Å². The zero-order chi connectivity index (χ0) is 27.2. The maximum absolute atomic E-state index is 12.2. The van der Waals surface area contributed by atoms with Gasteiger partial charge in [0.15, 0.2) is 5.82 Å². The lowest BCUT2D eigenvalue weighted by atomic mass is 10.00. The Hall–Kier alpha value is -3.57. The van der Waals surface area contributed by atoms with Gasteiger partial charge in [-0.15, -0.1) is 11.3 Å². The Balaban J connectivity index is 0.000000417. The van der Waals surface area contributed by atoms with Crippen LogP contribution in [0.25, 0.3) is 22.6 Å². The number of thiophene rings is 1. The number of nitrogens with one attached hydrogen (secondary N) is 2. The van der Waals surface area contributed by atoms with Crippen LogP contribution in [0.15, 0.2) is 58.5 Å². The van der Waals surface area contributed by atoms with Crippen LogP contribution in [0.4, 0.5) is 0 Å². The van der Waals surface area contributed by atoms with Crippen molar-refractivity contribution in [2.24, 2.45) is 0 Å². The predicted molar refractivity (Wildman–Crippen MR) is 152 cm³/mol. The molecular formula is C27H29BrN6O3S. The summed E-state index contributed by atoms with van der Waals surface area (Å²) in [5.74, 6) is 0.421. The molecule has 0 radical (unpaired) electrons. The van der Waals surface area contributed by atoms with E-state index in [0.717, 1.165) is 5.52 Å². The molecule has 3 amide bonds. The van der Waals surface area contributed by atoms with Gasteiger partial charge in [-0.2, -0.15) is 0 Å². The number of imidazole rings is 1. The molecule has 198 valence electrons. The van der Waals surface area contributed by atoms with Crippen molar-refractivity contribution in [1.29, 1.82) is 0 Å². The zero-order valence-electron chi connectivity index (χ0n) is 21.3. The Morgan fingerprint density at radius 1 is 1.16 bits per heavy atom. The first kappa shape index (κ1) is 27.5. The van der Waals surface area contributed by atoms with Gasteiger partial charge in [0.1, 0.15) is 5.69 Å². The Morgan fingerprint density at radius 2 is 1.97 bits per heavy atom. The normalized spacial score (nSPS) is 16.9. The lowest BCUT2D eigenvalue weighted by molar-refractivity contribution is -0.131. The highest BCUT2D eigenvalue weighted by molar-refractivity contribution is 9.11. The van der Waals surface area contributed by atoms with Gasteiger partial charge in [0.05, 0.1) is 20.9 Å². The van der Waals surface area contributed by atoms with E-state index in [2.05, 4.69) is 55.2 Å². The molecule has 4 heterocycles. The van der Waals surface area contributed by atoms with Crippen LogP contribution in [0.3, 0.4) is 0 Å². The molecule has 1 saturated heterocycles. The average Bonchev–Trinajstić information content (AvgIpc) is 3.50. The van der Waals surface area contributed by atoms with Crippen LogP contribution in [0.1, 0.15) is 34.6 Å². The molecule has 5 rings (SSSR count). The number of nitrogens with zero attached hydrogens (tertiary/aromatic N) is 4. The maximum atomic E-state index is 12.2. The highest BCUT2D eigenvalue weighted by Gasteiger charge is 2.32. The Bertz CT molecular complexity index is 1420. The van der Waals surface area contributed by atoms with Crippen LogP contribution in [0.2, 0.25) is 0 Å². The van der Waals surface area contributed by atoms with Crippen molar-refractivity contribution in [2.45, 2.75) is 32.4 Å². The molecule has 38 heavy (non-hydrogen) atoms. The van der Waals surface area contributed by atoms with E-state index >= 15 is 0 Å². The van der Waals surface area contributed by atoms with Crippen molar-refractivity contribution < 1.29 is 14.4 Å². The number of hydrogen-bond donors (Lipinski definition) is 2. The van der Waals surface area contributed by atoms with Crippen LogP contribution in [0, 0.1) is 6.92 Å². The molecule has 2 unspecified atom stereocenters. The molecule has 0 spiro atoms. The molecule has 0 saturated carbocycles. The fourth-order valence-corrected chi connectivity index (χ4v) is 6.05. The minimum Gasteiger partial charge on any atom is -0.355 e. The number of aryl methyl sites for hydroxylation is 1. The van der Waals surface area contributed by atoms with E-state index in [-0.39, 0.29) is 23.9 Å². The van der Waals surface area contributed by atoms with Gasteiger partial charge < -0.3 is 20.1 Å². The third-order valence-electron chi connectivity index (χ3n) is 6.32. The van der Waals surface area contributed by atoms with Crippen LogP contribution >= 0.6 is 27.3 Å². The fraction of sp³-hybridized carbons (Fsp3) is 0.296. The molecule has 1 aliphatic rings. The molecule has 9 nitrogen and oxygen atoms in total. The first-order chi connectivity index (χ1) is 18.3. The quantitative estimate of drug-likeness (QED) is 0.336. The lowest BCUT2D eigenvalue weighted by Gasteiger charge is -2.38. The second kappa shape index (κ2) is 12.3. The molecule has 2 N–H and O–H groups in total. The first-order valence-electron chi connectivity index (χ1n) is 12.1. The smallest absolute Gasteiger partial charge is 0.251 e. The third-order valence-corrected chi connectivity index (χ3v) is 7.86. The van der Waals surface area contributed by atoms with Crippen molar-refractivity contribution in [2.75, 3.05) is 20.1 Å². The van der Waals surface area contributed by atoms with Gasteiger partial charge in [0.25, 0.3) is 5.91 Å². The highest BCUT2D eigenvalue weighted by atomic mass is 79.9. The zero-order valence-corrected chi connectivity index (χ0v) is 23.8. The second-order valence-corrected chi connectivity index (χ2v) is 11.6. The minimum absolute atomic E-state index is 0.0480. The lowest BCUT2D eigenvalue weighted by Crippen LogP contribution is -2.50. The Morgan fingerprint density at radius 3 is 2.55 bits per heavy atom. The van der Waals surface area contributed by atoms with Crippen molar-refractivity contribution in [3.63, 3.8) is 0 Å².